The number of hydrogen-bond donors (Lipinski definition) is 2. The second-order valence-corrected chi connectivity index (χ2v) is 6.64. The van der Waals surface area contributed by atoms with Crippen molar-refractivity contribution in [3.05, 3.63) is 41.8 Å². The van der Waals surface area contributed by atoms with Gasteiger partial charge >= 0.3 is 0 Å². The average molecular weight is 300 g/mol. The molecular weight excluding hydrogens is 280 g/mol. The standard InChI is InChI=1S/C17H20N2OS/c18-17(10-4-1-5-11-17)16(20)19-14-8-3-2-7-13(14)15-9-6-12-21-15/h2-3,6-9,12H,1,4-5,10-11,18H2,(H,19,20). The minimum absolute atomic E-state index is 0.0498. The molecular formula is C17H20N2OS. The van der Waals surface area contributed by atoms with Crippen LogP contribution in [0.4, 0.5) is 5.69 Å². The zero-order valence-electron chi connectivity index (χ0n) is 12.0. The predicted octanol–water partition coefficient (Wildman–Crippen LogP) is 4.02. The zero-order chi connectivity index (χ0) is 14.7. The number of thiophene rings is 1. The Morgan fingerprint density at radius 3 is 2.57 bits per heavy atom. The molecule has 3 rings (SSSR count). The Kier molecular flexibility index (Phi) is 4.08. The lowest BCUT2D eigenvalue weighted by Gasteiger charge is -2.32. The van der Waals surface area contributed by atoms with Crippen molar-refractivity contribution in [2.24, 2.45) is 5.73 Å². The third kappa shape index (κ3) is 3.01. The number of para-hydroxylation sites is 1. The van der Waals surface area contributed by atoms with Gasteiger partial charge in [0.2, 0.25) is 5.91 Å². The number of carbonyl (C=O) groups is 1. The molecule has 1 fully saturated rings. The van der Waals surface area contributed by atoms with Crippen LogP contribution >= 0.6 is 11.3 Å². The maximum absolute atomic E-state index is 12.6. The maximum Gasteiger partial charge on any atom is 0.244 e. The van der Waals surface area contributed by atoms with E-state index in [4.69, 9.17) is 5.73 Å². The topological polar surface area (TPSA) is 55.1 Å². The molecule has 0 saturated heterocycles. The molecule has 0 spiro atoms. The zero-order valence-corrected chi connectivity index (χ0v) is 12.8. The fraction of sp³-hybridized carbons (Fsp3) is 0.353. The molecule has 0 radical (unpaired) electrons. The third-order valence-electron chi connectivity index (χ3n) is 4.16. The molecule has 1 heterocycles. The number of amides is 1. The van der Waals surface area contributed by atoms with E-state index in [1.54, 1.807) is 11.3 Å². The first-order valence-electron chi connectivity index (χ1n) is 7.42. The molecule has 1 aliphatic carbocycles. The third-order valence-corrected chi connectivity index (χ3v) is 5.06. The molecule has 1 aromatic heterocycles. The summed E-state index contributed by atoms with van der Waals surface area (Å²) in [7, 11) is 0. The lowest BCUT2D eigenvalue weighted by Crippen LogP contribution is -2.52. The number of carbonyl (C=O) groups excluding carboxylic acids is 1. The minimum Gasteiger partial charge on any atom is -0.324 e. The van der Waals surface area contributed by atoms with Crippen molar-refractivity contribution in [1.29, 1.82) is 0 Å². The van der Waals surface area contributed by atoms with Crippen LogP contribution in [0.5, 0.6) is 0 Å². The second-order valence-electron chi connectivity index (χ2n) is 5.69. The van der Waals surface area contributed by atoms with Gasteiger partial charge in [-0.15, -0.1) is 11.3 Å². The number of nitrogens with two attached hydrogens (primary N) is 1. The summed E-state index contributed by atoms with van der Waals surface area (Å²) >= 11 is 1.67. The maximum atomic E-state index is 12.6. The molecule has 3 nitrogen and oxygen atoms in total. The Bertz CT molecular complexity index is 615. The Morgan fingerprint density at radius 1 is 1.10 bits per heavy atom. The van der Waals surface area contributed by atoms with Crippen molar-refractivity contribution in [3.63, 3.8) is 0 Å². The van der Waals surface area contributed by atoms with Crippen LogP contribution in [-0.4, -0.2) is 11.4 Å². The van der Waals surface area contributed by atoms with Crippen LogP contribution in [0.3, 0.4) is 0 Å². The smallest absolute Gasteiger partial charge is 0.244 e. The summed E-state index contributed by atoms with van der Waals surface area (Å²) in [5.74, 6) is -0.0498. The summed E-state index contributed by atoms with van der Waals surface area (Å²) in [5.41, 5.74) is 7.51. The molecule has 1 saturated carbocycles. The minimum atomic E-state index is -0.708. The highest BCUT2D eigenvalue weighted by Gasteiger charge is 2.35. The molecule has 4 heteroatoms. The Labute approximate surface area is 129 Å². The summed E-state index contributed by atoms with van der Waals surface area (Å²) < 4.78 is 0. The normalized spacial score (nSPS) is 17.4. The molecule has 1 aliphatic rings. The summed E-state index contributed by atoms with van der Waals surface area (Å²) in [5, 5.41) is 5.09. The van der Waals surface area contributed by atoms with E-state index < -0.39 is 5.54 Å². The van der Waals surface area contributed by atoms with Gasteiger partial charge in [-0.1, -0.05) is 43.5 Å². The molecule has 2 aromatic rings. The number of nitrogens with one attached hydrogen (secondary N) is 1. The fourth-order valence-electron chi connectivity index (χ4n) is 2.90. The van der Waals surface area contributed by atoms with Crippen LogP contribution in [0.25, 0.3) is 10.4 Å². The van der Waals surface area contributed by atoms with E-state index in [1.807, 2.05) is 35.7 Å². The molecule has 1 amide bonds. The highest BCUT2D eigenvalue weighted by molar-refractivity contribution is 7.13. The number of hydrogen-bond acceptors (Lipinski definition) is 3. The van der Waals surface area contributed by atoms with Gasteiger partial charge in [0.1, 0.15) is 0 Å². The molecule has 1 aromatic carbocycles. The summed E-state index contributed by atoms with van der Waals surface area (Å²) in [4.78, 5) is 13.7. The molecule has 110 valence electrons. The predicted molar refractivity (Wildman–Crippen MR) is 88.4 cm³/mol. The van der Waals surface area contributed by atoms with Gasteiger partial charge in [0.05, 0.1) is 5.54 Å². The van der Waals surface area contributed by atoms with Crippen LogP contribution in [0.1, 0.15) is 32.1 Å². The molecule has 0 unspecified atom stereocenters. The summed E-state index contributed by atoms with van der Waals surface area (Å²) in [6, 6.07) is 12.0. The van der Waals surface area contributed by atoms with E-state index >= 15 is 0 Å². The van der Waals surface area contributed by atoms with Gasteiger partial charge in [0.25, 0.3) is 0 Å². The molecule has 21 heavy (non-hydrogen) atoms. The quantitative estimate of drug-likeness (QED) is 0.899. The number of anilines is 1. The SMILES string of the molecule is NC1(C(=O)Nc2ccccc2-c2cccs2)CCCCC1. The van der Waals surface area contributed by atoms with Crippen LogP contribution < -0.4 is 11.1 Å². The monoisotopic (exact) mass is 300 g/mol. The van der Waals surface area contributed by atoms with Crippen molar-refractivity contribution in [2.45, 2.75) is 37.6 Å². The first-order chi connectivity index (χ1) is 10.2. The molecule has 0 aliphatic heterocycles. The highest BCUT2D eigenvalue weighted by atomic mass is 32.1. The Hall–Kier alpha value is -1.65. The van der Waals surface area contributed by atoms with Gasteiger partial charge in [-0.2, -0.15) is 0 Å². The van der Waals surface area contributed by atoms with Crippen LogP contribution in [0.2, 0.25) is 0 Å². The lowest BCUT2D eigenvalue weighted by atomic mass is 9.82. The number of benzene rings is 1. The van der Waals surface area contributed by atoms with Gasteiger partial charge in [0.15, 0.2) is 0 Å². The average Bonchev–Trinajstić information content (AvgIpc) is 3.02. The van der Waals surface area contributed by atoms with Crippen LogP contribution in [0, 0.1) is 0 Å². The second kappa shape index (κ2) is 6.00. The van der Waals surface area contributed by atoms with E-state index in [-0.39, 0.29) is 5.91 Å². The van der Waals surface area contributed by atoms with Crippen molar-refractivity contribution < 1.29 is 4.79 Å². The van der Waals surface area contributed by atoms with Gasteiger partial charge < -0.3 is 11.1 Å². The van der Waals surface area contributed by atoms with Gasteiger partial charge in [0, 0.05) is 16.1 Å². The van der Waals surface area contributed by atoms with Gasteiger partial charge in [-0.25, -0.2) is 0 Å². The van der Waals surface area contributed by atoms with E-state index in [0.717, 1.165) is 41.8 Å². The van der Waals surface area contributed by atoms with Crippen LogP contribution in [-0.2, 0) is 4.79 Å². The lowest BCUT2D eigenvalue weighted by molar-refractivity contribution is -0.122. The van der Waals surface area contributed by atoms with Crippen molar-refractivity contribution in [1.82, 2.24) is 0 Å². The molecule has 0 atom stereocenters. The van der Waals surface area contributed by atoms with E-state index in [9.17, 15) is 4.79 Å². The fourth-order valence-corrected chi connectivity index (χ4v) is 3.66. The Morgan fingerprint density at radius 2 is 1.86 bits per heavy atom. The first-order valence-corrected chi connectivity index (χ1v) is 8.30. The Balaban J connectivity index is 1.83. The van der Waals surface area contributed by atoms with E-state index in [0.29, 0.717) is 0 Å². The molecule has 0 bridgehead atoms. The van der Waals surface area contributed by atoms with Crippen molar-refractivity contribution in [3.8, 4) is 10.4 Å². The number of rotatable bonds is 3. The van der Waals surface area contributed by atoms with Gasteiger partial charge in [-0.05, 0) is 30.4 Å². The van der Waals surface area contributed by atoms with Gasteiger partial charge in [-0.3, -0.25) is 4.79 Å². The first kappa shape index (κ1) is 14.3. The van der Waals surface area contributed by atoms with Crippen LogP contribution in [0.15, 0.2) is 41.8 Å². The van der Waals surface area contributed by atoms with Crippen molar-refractivity contribution >= 4 is 22.9 Å². The molecule has 3 N–H and O–H groups in total. The van der Waals surface area contributed by atoms with E-state index in [1.165, 1.54) is 6.42 Å². The summed E-state index contributed by atoms with van der Waals surface area (Å²) in [6.45, 7) is 0. The summed E-state index contributed by atoms with van der Waals surface area (Å²) in [6.07, 6.45) is 4.81. The van der Waals surface area contributed by atoms with Crippen molar-refractivity contribution in [2.75, 3.05) is 5.32 Å². The van der Waals surface area contributed by atoms with E-state index in [2.05, 4.69) is 11.4 Å². The highest BCUT2D eigenvalue weighted by Crippen LogP contribution is 2.33. The largest absolute Gasteiger partial charge is 0.324 e.